The van der Waals surface area contributed by atoms with Crippen LogP contribution >= 0.6 is 0 Å². The number of nitrogens with zero attached hydrogens (tertiary/aromatic N) is 3. The monoisotopic (exact) mass is 1360 g/mol. The van der Waals surface area contributed by atoms with Gasteiger partial charge < -0.3 is 75.0 Å². The molecule has 3 heterocycles. The second-order valence-electron chi connectivity index (χ2n) is 31.0. The summed E-state index contributed by atoms with van der Waals surface area (Å²) in [7, 11) is 2.97. The fourth-order valence-electron chi connectivity index (χ4n) is 18.8. The highest BCUT2D eigenvalue weighted by Crippen LogP contribution is 2.71. The first-order valence-corrected chi connectivity index (χ1v) is 35.5. The lowest BCUT2D eigenvalue weighted by molar-refractivity contribution is -0.241. The average Bonchev–Trinajstić information content (AvgIpc) is 1.66. The molecule has 11 aliphatic rings. The summed E-state index contributed by atoms with van der Waals surface area (Å²) in [5, 5.41) is 53.7. The van der Waals surface area contributed by atoms with E-state index in [-0.39, 0.29) is 104 Å². The highest BCUT2D eigenvalue weighted by molar-refractivity contribution is 6.01. The number of amides is 4. The molecular formula is C76H97N7O16. The number of hydrogen-bond acceptors (Lipinski definition) is 19. The molecule has 0 radical (unpaired) electrons. The molecule has 23 nitrogen and oxygen atoms in total. The van der Waals surface area contributed by atoms with Gasteiger partial charge in [-0.3, -0.25) is 24.6 Å². The van der Waals surface area contributed by atoms with Crippen molar-refractivity contribution in [2.24, 2.45) is 62.6 Å². The summed E-state index contributed by atoms with van der Waals surface area (Å²) in [6, 6.07) is 20.5. The molecule has 23 heteroatoms. The fraction of sp³-hybridized carbons (Fsp3) is 0.592. The van der Waals surface area contributed by atoms with Gasteiger partial charge in [-0.2, -0.15) is 5.10 Å². The molecule has 3 aromatic rings. The van der Waals surface area contributed by atoms with Gasteiger partial charge in [0, 0.05) is 80.1 Å². The van der Waals surface area contributed by atoms with Crippen molar-refractivity contribution in [1.82, 2.24) is 20.5 Å². The summed E-state index contributed by atoms with van der Waals surface area (Å²) in [4.78, 5) is 84.5. The Morgan fingerprint density at radius 1 is 0.838 bits per heavy atom. The van der Waals surface area contributed by atoms with Crippen LogP contribution in [0, 0.1) is 51.8 Å². The van der Waals surface area contributed by atoms with Crippen molar-refractivity contribution in [1.29, 1.82) is 0 Å². The summed E-state index contributed by atoms with van der Waals surface area (Å²) < 4.78 is 36.8. The number of aliphatic hydroxyl groups is 4. The number of likely N-dealkylation sites (N-methyl/N-ethyl adjacent to an activating group) is 2. The van der Waals surface area contributed by atoms with Crippen LogP contribution in [0.3, 0.4) is 0 Å². The molecule has 7 saturated carbocycles. The molecule has 9 N–H and O–H groups in total. The van der Waals surface area contributed by atoms with Gasteiger partial charge >= 0.3 is 12.2 Å². The maximum Gasteiger partial charge on any atom is 0.409 e. The van der Waals surface area contributed by atoms with Crippen LogP contribution in [-0.4, -0.2) is 167 Å². The standard InChI is InChI=1S/C76H97N7O16/c1-43(2)47-8-7-9-53-50(20-19-47)36-79-81-65(53)48-15-10-44(11-16-48)31-63(89)78-27-25-62(88)80-56-30-46(14-23-59(56)97-69-67(91)66(90)58(86)38-94-69)37-95-70(92)82(5)28-29-83(6)71(93)96-39-60(87)76-61(98-68(99-76)49-17-12-45(13-18-49)34-74-40-75(77,41-74)42-74)33-55-54-22-21-51-32-52(84)24-26-72(51,3)64(54)57(85)35-73(55,76)4/h10-18,23-24,26,30,32,36,43,47,50,54-55,57-58,61,64,66-69,81,85-86,90-91H,7-9,19-22,25,27-29,31,33-35,37-42,77H2,1-6H3,(H,78,89)(H,80,88)/t47?,50?,54-,55-,57-,58+,61+,64+,66-,67+,68+,69-,72-,73-,74?,75?,76+/m0/s1. The number of Topliss-reactive ketones (excluding diaryl/α,β-unsaturated/α-hetero) is 1. The fourth-order valence-corrected chi connectivity index (χ4v) is 18.8. The lowest BCUT2D eigenvalue weighted by Gasteiger charge is -2.69. The molecule has 0 spiro atoms. The molecule has 15 atom stereocenters. The molecule has 14 rings (SSSR count). The summed E-state index contributed by atoms with van der Waals surface area (Å²) in [5.41, 5.74) is 14.5. The number of hydrogen-bond donors (Lipinski definition) is 8. The first kappa shape index (κ1) is 70.1. The maximum absolute atomic E-state index is 15.3. The van der Waals surface area contributed by atoms with E-state index in [1.54, 1.807) is 18.2 Å². The molecule has 2 unspecified atom stereocenters. The number of aliphatic hydroxyl groups excluding tert-OH is 4. The number of benzene rings is 3. The Morgan fingerprint density at radius 3 is 2.28 bits per heavy atom. The summed E-state index contributed by atoms with van der Waals surface area (Å²) in [6.07, 6.45) is 8.86. The Hall–Kier alpha value is -7.35. The van der Waals surface area contributed by atoms with Crippen molar-refractivity contribution in [3.63, 3.8) is 0 Å². The quantitative estimate of drug-likeness (QED) is 0.0506. The van der Waals surface area contributed by atoms with Crippen molar-refractivity contribution in [2.45, 2.75) is 185 Å². The Kier molecular flexibility index (Phi) is 19.7. The number of nitrogens with one attached hydrogen (secondary N) is 3. The molecule has 9 fully saturated rings. The Labute approximate surface area is 578 Å². The van der Waals surface area contributed by atoms with E-state index in [4.69, 9.17) is 34.2 Å². The lowest BCUT2D eigenvalue weighted by Crippen LogP contribution is -2.72. The SMILES string of the molecule is CC(C)C1CCCC2=C(c3ccc(CC(=O)NCCC(=O)Nc4cc(COC(=O)N(C)CCN(C)C(=O)OCC(=O)[C@@]56O[C@H](c7ccc(CC89CC(N)(C8)C9)cc7)O[C@@H]5C[C@H]5[C@@H]7CCC8=CC(=O)C=C[C@]8(C)[C@H]7[C@@H](O)C[C@@]56C)ccc4O[C@@H]4OC[C@@H](O)[C@H](O)[C@H]4O)cc3)NN=CC2CC1. The van der Waals surface area contributed by atoms with Crippen LogP contribution in [0.25, 0.3) is 5.70 Å². The molecule has 99 heavy (non-hydrogen) atoms. The highest BCUT2D eigenvalue weighted by atomic mass is 16.7. The van der Waals surface area contributed by atoms with E-state index in [1.807, 2.05) is 55.6 Å². The van der Waals surface area contributed by atoms with Gasteiger partial charge in [0.05, 0.1) is 36.6 Å². The largest absolute Gasteiger partial charge is 0.460 e. The van der Waals surface area contributed by atoms with Crippen LogP contribution in [0.5, 0.6) is 5.75 Å². The van der Waals surface area contributed by atoms with E-state index in [0.29, 0.717) is 36.7 Å². The molecule has 8 aliphatic carbocycles. The number of rotatable bonds is 21. The zero-order chi connectivity index (χ0) is 69.9. The zero-order valence-corrected chi connectivity index (χ0v) is 57.6. The van der Waals surface area contributed by atoms with Gasteiger partial charge in [0.1, 0.15) is 30.7 Å². The van der Waals surface area contributed by atoms with Crippen LogP contribution in [0.4, 0.5) is 15.3 Å². The molecule has 2 saturated heterocycles. The molecular weight excluding hydrogens is 1270 g/mol. The van der Waals surface area contributed by atoms with Gasteiger partial charge in [-0.25, -0.2) is 9.59 Å². The van der Waals surface area contributed by atoms with E-state index in [2.05, 4.69) is 54.1 Å². The third-order valence-electron chi connectivity index (χ3n) is 24.1. The minimum absolute atomic E-state index is 0.000368. The van der Waals surface area contributed by atoms with Crippen LogP contribution in [-0.2, 0) is 62.3 Å². The summed E-state index contributed by atoms with van der Waals surface area (Å²) in [5.74, 6) is 0.0132. The topological polar surface area (TPSA) is 320 Å². The van der Waals surface area contributed by atoms with Gasteiger partial charge in [0.15, 0.2) is 24.3 Å². The predicted octanol–water partition coefficient (Wildman–Crippen LogP) is 7.72. The minimum Gasteiger partial charge on any atom is -0.460 e. The first-order valence-electron chi connectivity index (χ1n) is 35.5. The van der Waals surface area contributed by atoms with Crippen molar-refractivity contribution >= 4 is 53.2 Å². The highest BCUT2D eigenvalue weighted by Gasteiger charge is 2.76. The smallest absolute Gasteiger partial charge is 0.409 e. The second kappa shape index (κ2) is 27.9. The third kappa shape index (κ3) is 13.7. The molecule has 2 bridgehead atoms. The van der Waals surface area contributed by atoms with Crippen LogP contribution in [0.15, 0.2) is 101 Å². The van der Waals surface area contributed by atoms with Crippen molar-refractivity contribution in [2.75, 3.05) is 52.3 Å². The number of hydrazone groups is 1. The summed E-state index contributed by atoms with van der Waals surface area (Å²) >= 11 is 0. The number of carbonyl (C=O) groups excluding carboxylic acids is 6. The molecule has 4 amide bonds. The number of fused-ring (bicyclic) bond motifs is 8. The molecule has 3 aromatic carbocycles. The van der Waals surface area contributed by atoms with Crippen molar-refractivity contribution in [3.8, 4) is 5.75 Å². The van der Waals surface area contributed by atoms with Crippen LogP contribution in [0.1, 0.15) is 145 Å². The Morgan fingerprint density at radius 2 is 1.56 bits per heavy atom. The number of carbonyl (C=O) groups is 6. The molecule has 3 aliphatic heterocycles. The second-order valence-corrected chi connectivity index (χ2v) is 31.0. The van der Waals surface area contributed by atoms with Gasteiger partial charge in [-0.15, -0.1) is 0 Å². The third-order valence-corrected chi connectivity index (χ3v) is 24.1. The van der Waals surface area contributed by atoms with Crippen molar-refractivity contribution in [3.05, 3.63) is 124 Å². The Balaban J connectivity index is 0.609. The van der Waals surface area contributed by atoms with Crippen LogP contribution in [0.2, 0.25) is 0 Å². The van der Waals surface area contributed by atoms with E-state index in [9.17, 15) is 44.4 Å². The molecule has 0 aromatic heterocycles. The zero-order valence-electron chi connectivity index (χ0n) is 57.6. The lowest BCUT2D eigenvalue weighted by atomic mass is 9.38. The number of ketones is 2. The van der Waals surface area contributed by atoms with Gasteiger partial charge in [-0.1, -0.05) is 93.9 Å². The van der Waals surface area contributed by atoms with Crippen molar-refractivity contribution < 1.29 is 77.6 Å². The maximum atomic E-state index is 15.3. The normalized spacial score (nSPS) is 34.6. The average molecular weight is 1360 g/mol. The number of nitrogens with two attached hydrogens (primary N) is 1. The molecule has 532 valence electrons. The van der Waals surface area contributed by atoms with Crippen LogP contribution < -0.4 is 26.5 Å². The van der Waals surface area contributed by atoms with Gasteiger partial charge in [-0.05, 0) is 165 Å². The number of ether oxygens (including phenoxy) is 6. The first-order chi connectivity index (χ1) is 47.3. The van der Waals surface area contributed by atoms with E-state index in [1.165, 1.54) is 60.0 Å². The van der Waals surface area contributed by atoms with E-state index >= 15 is 4.79 Å². The van der Waals surface area contributed by atoms with E-state index in [0.717, 1.165) is 78.8 Å². The number of anilines is 1. The minimum atomic E-state index is -1.65. The van der Waals surface area contributed by atoms with Gasteiger partial charge in [0.25, 0.3) is 0 Å². The number of allylic oxidation sites excluding steroid dienone is 5. The Bertz CT molecular complexity index is 3700. The summed E-state index contributed by atoms with van der Waals surface area (Å²) in [6.45, 7) is 7.42. The van der Waals surface area contributed by atoms with E-state index < -0.39 is 90.0 Å². The van der Waals surface area contributed by atoms with Gasteiger partial charge in [0.2, 0.25) is 23.9 Å². The predicted molar refractivity (Wildman–Crippen MR) is 365 cm³/mol.